The van der Waals surface area contributed by atoms with Gasteiger partial charge in [-0.05, 0) is 55.8 Å². The summed E-state index contributed by atoms with van der Waals surface area (Å²) in [5, 5.41) is 17.3. The molecule has 0 aliphatic heterocycles. The minimum atomic E-state index is -0.765. The second-order valence-corrected chi connectivity index (χ2v) is 10.4. The summed E-state index contributed by atoms with van der Waals surface area (Å²) in [6, 6.07) is 5.31. The van der Waals surface area contributed by atoms with Crippen molar-refractivity contribution in [3.05, 3.63) is 39.8 Å². The summed E-state index contributed by atoms with van der Waals surface area (Å²) < 4.78 is 12.2. The molecule has 6 rings (SSSR count). The van der Waals surface area contributed by atoms with Crippen LogP contribution in [0.3, 0.4) is 0 Å². The number of methoxy groups -OCH3 is 2. The molecule has 2 atom stereocenters. The van der Waals surface area contributed by atoms with E-state index in [-0.39, 0.29) is 22.4 Å². The van der Waals surface area contributed by atoms with Crippen LogP contribution in [0.25, 0.3) is 0 Å². The lowest BCUT2D eigenvalue weighted by molar-refractivity contribution is -0.151. The predicted octanol–water partition coefficient (Wildman–Crippen LogP) is 4.43. The molecule has 1 aromatic heterocycles. The van der Waals surface area contributed by atoms with E-state index >= 15 is 0 Å². The van der Waals surface area contributed by atoms with Crippen LogP contribution >= 0.6 is 11.6 Å². The third-order valence-electron chi connectivity index (χ3n) is 7.68. The largest absolute Gasteiger partial charge is 0.497 e. The minimum Gasteiger partial charge on any atom is -0.497 e. The molecular weight excluding hydrogens is 446 g/mol. The van der Waals surface area contributed by atoms with Crippen molar-refractivity contribution >= 4 is 28.9 Å². The van der Waals surface area contributed by atoms with Crippen LogP contribution in [0.5, 0.6) is 11.5 Å². The molecule has 2 aromatic rings. The van der Waals surface area contributed by atoms with Gasteiger partial charge >= 0.3 is 5.97 Å². The lowest BCUT2D eigenvalue weighted by Gasteiger charge is -2.61. The summed E-state index contributed by atoms with van der Waals surface area (Å²) in [5.74, 6) is 1.30. The lowest BCUT2D eigenvalue weighted by Crippen LogP contribution is -2.59. The summed E-state index contributed by atoms with van der Waals surface area (Å²) in [6.45, 7) is 0. The molecule has 0 radical (unpaired) electrons. The zero-order chi connectivity index (χ0) is 23.4. The van der Waals surface area contributed by atoms with Gasteiger partial charge in [0.25, 0.3) is 5.56 Å². The van der Waals surface area contributed by atoms with E-state index in [0.717, 1.165) is 32.1 Å². The van der Waals surface area contributed by atoms with E-state index in [1.54, 1.807) is 43.3 Å². The number of halogens is 1. The molecule has 0 amide bonds. The third-order valence-corrected chi connectivity index (χ3v) is 8.04. The number of aromatic nitrogens is 2. The first-order chi connectivity index (χ1) is 15.7. The van der Waals surface area contributed by atoms with Crippen LogP contribution < -0.4 is 20.3 Å². The molecular formula is C24H28ClN3O5. The Balaban J connectivity index is 1.49. The van der Waals surface area contributed by atoms with Crippen molar-refractivity contribution in [1.82, 2.24) is 9.78 Å². The van der Waals surface area contributed by atoms with Gasteiger partial charge in [0.1, 0.15) is 16.5 Å². The molecule has 4 saturated carbocycles. The predicted molar refractivity (Wildman–Crippen MR) is 124 cm³/mol. The molecule has 33 heavy (non-hydrogen) atoms. The Kier molecular flexibility index (Phi) is 5.31. The quantitative estimate of drug-likeness (QED) is 0.613. The molecule has 0 spiro atoms. The van der Waals surface area contributed by atoms with Crippen LogP contribution in [0.4, 0.5) is 11.4 Å². The molecule has 2 N–H and O–H groups in total. The number of benzene rings is 1. The van der Waals surface area contributed by atoms with Gasteiger partial charge in [0.15, 0.2) is 0 Å². The first-order valence-corrected chi connectivity index (χ1v) is 11.6. The van der Waals surface area contributed by atoms with Crippen molar-refractivity contribution in [1.29, 1.82) is 0 Å². The van der Waals surface area contributed by atoms with E-state index in [9.17, 15) is 14.7 Å². The summed E-state index contributed by atoms with van der Waals surface area (Å²) in [6.07, 6.45) is 7.08. The van der Waals surface area contributed by atoms with Crippen molar-refractivity contribution in [3.63, 3.8) is 0 Å². The van der Waals surface area contributed by atoms with Gasteiger partial charge in [-0.2, -0.15) is 5.10 Å². The Morgan fingerprint density at radius 1 is 1.18 bits per heavy atom. The summed E-state index contributed by atoms with van der Waals surface area (Å²) in [5.41, 5.74) is -0.000319. The van der Waals surface area contributed by atoms with Crippen LogP contribution in [0, 0.1) is 17.3 Å². The monoisotopic (exact) mass is 473 g/mol. The molecule has 4 fully saturated rings. The fraction of sp³-hybridized carbons (Fsp3) is 0.542. The molecule has 0 saturated heterocycles. The van der Waals surface area contributed by atoms with Crippen molar-refractivity contribution in [2.24, 2.45) is 17.3 Å². The normalized spacial score (nSPS) is 29.7. The zero-order valence-corrected chi connectivity index (χ0v) is 19.5. The number of hydrogen-bond donors (Lipinski definition) is 2. The number of carboxylic acid groups (broad SMARTS) is 1. The van der Waals surface area contributed by atoms with E-state index in [1.165, 1.54) is 0 Å². The van der Waals surface area contributed by atoms with E-state index in [0.29, 0.717) is 41.1 Å². The molecule has 4 bridgehead atoms. The van der Waals surface area contributed by atoms with Gasteiger partial charge in [-0.1, -0.05) is 11.6 Å². The van der Waals surface area contributed by atoms with E-state index in [4.69, 9.17) is 21.1 Å². The number of carbonyl (C=O) groups is 1. The lowest BCUT2D eigenvalue weighted by atomic mass is 9.46. The smallest absolute Gasteiger partial charge is 0.303 e. The maximum absolute atomic E-state index is 13.4. The zero-order valence-electron chi connectivity index (χ0n) is 18.8. The minimum absolute atomic E-state index is 0.0646. The summed E-state index contributed by atoms with van der Waals surface area (Å²) in [7, 11) is 3.13. The van der Waals surface area contributed by atoms with Gasteiger partial charge < -0.3 is 19.9 Å². The molecule has 4 aliphatic rings. The number of carboxylic acids is 1. The number of ether oxygens (including phenoxy) is 2. The van der Waals surface area contributed by atoms with Crippen LogP contribution in [0.2, 0.25) is 5.02 Å². The van der Waals surface area contributed by atoms with E-state index < -0.39 is 11.5 Å². The maximum Gasteiger partial charge on any atom is 0.303 e. The summed E-state index contributed by atoms with van der Waals surface area (Å²) in [4.78, 5) is 25.1. The number of anilines is 2. The van der Waals surface area contributed by atoms with Crippen LogP contribution in [-0.4, -0.2) is 35.1 Å². The average molecular weight is 474 g/mol. The van der Waals surface area contributed by atoms with E-state index in [1.807, 2.05) is 0 Å². The molecule has 1 heterocycles. The van der Waals surface area contributed by atoms with Crippen LogP contribution in [0.1, 0.15) is 44.9 Å². The average Bonchev–Trinajstić information content (AvgIpc) is 2.74. The Morgan fingerprint density at radius 2 is 1.82 bits per heavy atom. The Morgan fingerprint density at radius 3 is 2.39 bits per heavy atom. The third kappa shape index (κ3) is 3.84. The van der Waals surface area contributed by atoms with Crippen molar-refractivity contribution in [2.45, 2.75) is 50.5 Å². The van der Waals surface area contributed by atoms with Crippen molar-refractivity contribution in [3.8, 4) is 11.5 Å². The fourth-order valence-corrected chi connectivity index (χ4v) is 7.25. The van der Waals surface area contributed by atoms with Gasteiger partial charge in [-0.25, -0.2) is 4.68 Å². The number of nitrogens with zero attached hydrogens (tertiary/aromatic N) is 2. The van der Waals surface area contributed by atoms with Crippen molar-refractivity contribution in [2.75, 3.05) is 19.5 Å². The standard InChI is InChI=1S/C24H28ClN3O5/c1-32-17-4-16(5-18(6-17)33-2)27-19-12-26-28(22(31)21(19)25)24-9-14-3-15(10-24)8-23(7-14,13-24)11-20(29)30/h4-6,12,14-15,27H,3,7-11,13H2,1-2H3,(H,29,30). The van der Waals surface area contributed by atoms with Gasteiger partial charge in [0.2, 0.25) is 0 Å². The number of hydrogen-bond acceptors (Lipinski definition) is 6. The molecule has 176 valence electrons. The van der Waals surface area contributed by atoms with Gasteiger partial charge in [0, 0.05) is 23.9 Å². The van der Waals surface area contributed by atoms with Gasteiger partial charge in [0.05, 0.1) is 38.1 Å². The highest BCUT2D eigenvalue weighted by Crippen LogP contribution is 2.65. The topological polar surface area (TPSA) is 103 Å². The first-order valence-electron chi connectivity index (χ1n) is 11.2. The molecule has 9 heteroatoms. The Hall–Kier alpha value is -2.74. The van der Waals surface area contributed by atoms with E-state index in [2.05, 4.69) is 10.4 Å². The Bertz CT molecular complexity index is 1130. The molecule has 2 unspecified atom stereocenters. The fourth-order valence-electron chi connectivity index (χ4n) is 7.07. The molecule has 8 nitrogen and oxygen atoms in total. The maximum atomic E-state index is 13.4. The van der Waals surface area contributed by atoms with Crippen LogP contribution in [0.15, 0.2) is 29.2 Å². The highest BCUT2D eigenvalue weighted by molar-refractivity contribution is 6.33. The number of aliphatic carboxylic acids is 1. The molecule has 1 aromatic carbocycles. The molecule has 4 aliphatic carbocycles. The van der Waals surface area contributed by atoms with Crippen molar-refractivity contribution < 1.29 is 19.4 Å². The summed E-state index contributed by atoms with van der Waals surface area (Å²) >= 11 is 6.56. The second kappa shape index (κ2) is 7.94. The first kappa shape index (κ1) is 22.1. The SMILES string of the molecule is COc1cc(Nc2cnn(C34CC5CC(CC(CC(=O)O)(C5)C3)C4)c(=O)c2Cl)cc(OC)c1. The highest BCUT2D eigenvalue weighted by Gasteiger charge is 2.59. The number of rotatable bonds is 7. The number of nitrogens with one attached hydrogen (secondary N) is 1. The Labute approximate surface area is 196 Å². The van der Waals surface area contributed by atoms with Gasteiger partial charge in [-0.3, -0.25) is 9.59 Å². The van der Waals surface area contributed by atoms with Gasteiger partial charge in [-0.15, -0.1) is 0 Å². The second-order valence-electron chi connectivity index (χ2n) is 10.1. The highest BCUT2D eigenvalue weighted by atomic mass is 35.5. The van der Waals surface area contributed by atoms with Crippen LogP contribution in [-0.2, 0) is 10.3 Å².